The van der Waals surface area contributed by atoms with E-state index in [0.717, 1.165) is 0 Å². The average Bonchev–Trinajstić information content (AvgIpc) is 2.36. The summed E-state index contributed by atoms with van der Waals surface area (Å²) in [6, 6.07) is 5.59. The first-order valence-corrected chi connectivity index (χ1v) is 6.53. The number of carbonyl (C=O) groups is 2. The lowest BCUT2D eigenvalue weighted by Gasteiger charge is -2.29. The van der Waals surface area contributed by atoms with Gasteiger partial charge in [-0.15, -0.1) is 0 Å². The summed E-state index contributed by atoms with van der Waals surface area (Å²) in [5.41, 5.74) is 0.00876. The maximum atomic E-state index is 12.0. The number of urea groups is 1. The number of carbonyl (C=O) groups excluding carboxylic acids is 2. The van der Waals surface area contributed by atoms with E-state index < -0.39 is 23.5 Å². The van der Waals surface area contributed by atoms with Gasteiger partial charge in [0, 0.05) is 0 Å². The molecule has 0 aromatic heterocycles. The van der Waals surface area contributed by atoms with Crippen LogP contribution in [0.15, 0.2) is 24.3 Å². The Labute approximate surface area is 123 Å². The van der Waals surface area contributed by atoms with Crippen molar-refractivity contribution in [2.45, 2.75) is 26.8 Å². The van der Waals surface area contributed by atoms with Crippen molar-refractivity contribution in [2.75, 3.05) is 12.4 Å². The Morgan fingerprint density at radius 2 is 1.85 bits per heavy atom. The Kier molecular flexibility index (Phi) is 5.39. The van der Waals surface area contributed by atoms with E-state index in [4.69, 9.17) is 16.3 Å². The van der Waals surface area contributed by atoms with Crippen LogP contribution in [0.25, 0.3) is 0 Å². The minimum Gasteiger partial charge on any atom is -0.467 e. The van der Waals surface area contributed by atoms with Crippen LogP contribution in [0.1, 0.15) is 20.8 Å². The Balaban J connectivity index is 2.78. The van der Waals surface area contributed by atoms with Gasteiger partial charge in [-0.25, -0.2) is 9.59 Å². The normalized spacial score (nSPS) is 12.4. The second-order valence-corrected chi connectivity index (χ2v) is 5.81. The molecular formula is C14H19ClN2O3. The van der Waals surface area contributed by atoms with E-state index in [1.54, 1.807) is 24.3 Å². The zero-order valence-electron chi connectivity index (χ0n) is 12.0. The van der Waals surface area contributed by atoms with Gasteiger partial charge in [0.05, 0.1) is 17.8 Å². The quantitative estimate of drug-likeness (QED) is 0.843. The molecule has 1 aromatic carbocycles. The Hall–Kier alpha value is -1.75. The topological polar surface area (TPSA) is 67.4 Å². The van der Waals surface area contributed by atoms with Gasteiger partial charge in [0.25, 0.3) is 0 Å². The number of amides is 2. The SMILES string of the molecule is COC(=O)[C@@H](NC(=O)Nc1ccccc1Cl)C(C)(C)C. The van der Waals surface area contributed by atoms with Crippen LogP contribution < -0.4 is 10.6 Å². The van der Waals surface area contributed by atoms with Crippen LogP contribution in [0, 0.1) is 5.41 Å². The molecule has 0 heterocycles. The van der Waals surface area contributed by atoms with E-state index >= 15 is 0 Å². The second-order valence-electron chi connectivity index (χ2n) is 5.40. The van der Waals surface area contributed by atoms with Crippen molar-refractivity contribution in [1.29, 1.82) is 0 Å². The van der Waals surface area contributed by atoms with Crippen molar-refractivity contribution in [3.8, 4) is 0 Å². The highest BCUT2D eigenvalue weighted by molar-refractivity contribution is 6.33. The van der Waals surface area contributed by atoms with E-state index in [0.29, 0.717) is 10.7 Å². The van der Waals surface area contributed by atoms with Gasteiger partial charge in [-0.3, -0.25) is 0 Å². The molecule has 1 aromatic rings. The number of hydrogen-bond acceptors (Lipinski definition) is 3. The van der Waals surface area contributed by atoms with Crippen molar-refractivity contribution in [3.05, 3.63) is 29.3 Å². The zero-order chi connectivity index (χ0) is 15.3. The van der Waals surface area contributed by atoms with E-state index in [1.807, 2.05) is 20.8 Å². The molecule has 110 valence electrons. The first kappa shape index (κ1) is 16.3. The van der Waals surface area contributed by atoms with Crippen molar-refractivity contribution in [3.63, 3.8) is 0 Å². The fourth-order valence-electron chi connectivity index (χ4n) is 1.60. The number of rotatable bonds is 3. The molecule has 0 aliphatic heterocycles. The molecule has 0 aliphatic carbocycles. The predicted molar refractivity (Wildman–Crippen MR) is 78.9 cm³/mol. The lowest BCUT2D eigenvalue weighted by molar-refractivity contribution is -0.145. The van der Waals surface area contributed by atoms with Gasteiger partial charge in [0.2, 0.25) is 0 Å². The van der Waals surface area contributed by atoms with Crippen LogP contribution in [-0.4, -0.2) is 25.2 Å². The van der Waals surface area contributed by atoms with E-state index in [-0.39, 0.29) is 0 Å². The number of para-hydroxylation sites is 1. The molecule has 0 saturated heterocycles. The first-order chi connectivity index (χ1) is 9.25. The molecular weight excluding hydrogens is 280 g/mol. The monoisotopic (exact) mass is 298 g/mol. The number of hydrogen-bond donors (Lipinski definition) is 2. The standard InChI is InChI=1S/C14H19ClN2O3/c1-14(2,3)11(12(18)20-4)17-13(19)16-10-8-6-5-7-9(10)15/h5-8,11H,1-4H3,(H2,16,17,19)/t11-/m1/s1. The molecule has 1 rings (SSSR count). The number of anilines is 1. The maximum absolute atomic E-state index is 12.0. The van der Waals surface area contributed by atoms with Gasteiger partial charge >= 0.3 is 12.0 Å². The fraction of sp³-hybridized carbons (Fsp3) is 0.429. The smallest absolute Gasteiger partial charge is 0.328 e. The average molecular weight is 299 g/mol. The summed E-state index contributed by atoms with van der Waals surface area (Å²) in [4.78, 5) is 23.7. The zero-order valence-corrected chi connectivity index (χ0v) is 12.7. The summed E-state index contributed by atoms with van der Waals surface area (Å²) >= 11 is 5.95. The van der Waals surface area contributed by atoms with Gasteiger partial charge in [-0.05, 0) is 17.5 Å². The summed E-state index contributed by atoms with van der Waals surface area (Å²) in [6.45, 7) is 5.51. The van der Waals surface area contributed by atoms with Crippen LogP contribution in [0.2, 0.25) is 5.02 Å². The minimum atomic E-state index is -0.755. The van der Waals surface area contributed by atoms with Crippen molar-refractivity contribution in [1.82, 2.24) is 5.32 Å². The second kappa shape index (κ2) is 6.61. The molecule has 2 N–H and O–H groups in total. The van der Waals surface area contributed by atoms with Gasteiger partial charge in [-0.2, -0.15) is 0 Å². The van der Waals surface area contributed by atoms with E-state index in [9.17, 15) is 9.59 Å². The predicted octanol–water partition coefficient (Wildman–Crippen LogP) is 3.05. The third-order valence-electron chi connectivity index (χ3n) is 2.70. The molecule has 0 saturated carbocycles. The van der Waals surface area contributed by atoms with Crippen LogP contribution in [0.4, 0.5) is 10.5 Å². The lowest BCUT2D eigenvalue weighted by atomic mass is 9.87. The molecule has 0 spiro atoms. The largest absolute Gasteiger partial charge is 0.467 e. The number of halogens is 1. The van der Waals surface area contributed by atoms with Gasteiger partial charge in [0.1, 0.15) is 6.04 Å². The number of benzene rings is 1. The molecule has 0 unspecified atom stereocenters. The van der Waals surface area contributed by atoms with Crippen LogP contribution in [-0.2, 0) is 9.53 Å². The first-order valence-electron chi connectivity index (χ1n) is 6.15. The molecule has 20 heavy (non-hydrogen) atoms. The minimum absolute atomic E-state index is 0.424. The van der Waals surface area contributed by atoms with E-state index in [2.05, 4.69) is 10.6 Å². The van der Waals surface area contributed by atoms with Gasteiger partial charge < -0.3 is 15.4 Å². The molecule has 5 nitrogen and oxygen atoms in total. The van der Waals surface area contributed by atoms with Crippen molar-refractivity contribution >= 4 is 29.3 Å². The number of ether oxygens (including phenoxy) is 1. The summed E-state index contributed by atoms with van der Waals surface area (Å²) in [7, 11) is 1.29. The molecule has 0 bridgehead atoms. The number of esters is 1. The Morgan fingerprint density at radius 1 is 1.25 bits per heavy atom. The van der Waals surface area contributed by atoms with Gasteiger partial charge in [0.15, 0.2) is 0 Å². The van der Waals surface area contributed by atoms with Crippen molar-refractivity contribution in [2.24, 2.45) is 5.41 Å². The fourth-order valence-corrected chi connectivity index (χ4v) is 1.78. The third kappa shape index (κ3) is 4.42. The molecule has 0 aliphatic rings. The van der Waals surface area contributed by atoms with Crippen LogP contribution >= 0.6 is 11.6 Å². The summed E-state index contributed by atoms with van der Waals surface area (Å²) in [5, 5.41) is 5.63. The van der Waals surface area contributed by atoms with Crippen LogP contribution in [0.3, 0.4) is 0 Å². The van der Waals surface area contributed by atoms with Gasteiger partial charge in [-0.1, -0.05) is 44.5 Å². The highest BCUT2D eigenvalue weighted by atomic mass is 35.5. The molecule has 6 heteroatoms. The highest BCUT2D eigenvalue weighted by Crippen LogP contribution is 2.22. The molecule has 1 atom stereocenters. The summed E-state index contributed by atoms with van der Waals surface area (Å²) < 4.78 is 4.71. The van der Waals surface area contributed by atoms with Crippen molar-refractivity contribution < 1.29 is 14.3 Å². The summed E-state index contributed by atoms with van der Waals surface area (Å²) in [5.74, 6) is -0.494. The summed E-state index contributed by atoms with van der Waals surface area (Å²) in [6.07, 6.45) is 0. The lowest BCUT2D eigenvalue weighted by Crippen LogP contribution is -2.51. The molecule has 2 amide bonds. The highest BCUT2D eigenvalue weighted by Gasteiger charge is 2.33. The molecule has 0 radical (unpaired) electrons. The maximum Gasteiger partial charge on any atom is 0.328 e. The number of nitrogens with one attached hydrogen (secondary N) is 2. The third-order valence-corrected chi connectivity index (χ3v) is 3.03. The Bertz CT molecular complexity index is 497. The molecule has 0 fully saturated rings. The van der Waals surface area contributed by atoms with E-state index in [1.165, 1.54) is 7.11 Å². The Morgan fingerprint density at radius 3 is 2.35 bits per heavy atom. The van der Waals surface area contributed by atoms with Crippen LogP contribution in [0.5, 0.6) is 0 Å². The number of methoxy groups -OCH3 is 1.